The summed E-state index contributed by atoms with van der Waals surface area (Å²) in [5, 5.41) is 32.0. The maximum absolute atomic E-state index is 14.3. The summed E-state index contributed by atoms with van der Waals surface area (Å²) in [5.41, 5.74) is 2.56. The average Bonchev–Trinajstić information content (AvgIpc) is 3.99. The van der Waals surface area contributed by atoms with Crippen molar-refractivity contribution in [1.29, 1.82) is 0 Å². The average molecular weight is 1010 g/mol. The lowest BCUT2D eigenvalue weighted by Gasteiger charge is -2.56. The summed E-state index contributed by atoms with van der Waals surface area (Å²) >= 11 is 0. The van der Waals surface area contributed by atoms with Gasteiger partial charge in [0.2, 0.25) is 0 Å². The highest BCUT2D eigenvalue weighted by Gasteiger charge is 2.50. The van der Waals surface area contributed by atoms with Gasteiger partial charge >= 0.3 is 0 Å². The Morgan fingerprint density at radius 3 is 2.45 bits per heavy atom. The van der Waals surface area contributed by atoms with Crippen molar-refractivity contribution in [2.75, 3.05) is 41.2 Å². The number of ether oxygens (including phenoxy) is 2. The lowest BCUT2D eigenvalue weighted by Crippen LogP contribution is -2.54. The zero-order valence-corrected chi connectivity index (χ0v) is 41.7. The third-order valence-electron chi connectivity index (χ3n) is 15.6. The number of benzene rings is 3. The number of carbonyl (C=O) groups excluding carboxylic acids is 1. The van der Waals surface area contributed by atoms with E-state index in [0.717, 1.165) is 63.9 Å². The molecule has 10 rings (SSSR count). The number of amides is 1. The van der Waals surface area contributed by atoms with Crippen LogP contribution < -0.4 is 34.3 Å². The number of piperidine rings is 1. The first kappa shape index (κ1) is 48.6. The molecule has 21 heteroatoms. The molecule has 2 atom stereocenters. The van der Waals surface area contributed by atoms with Crippen LogP contribution in [0.3, 0.4) is 0 Å². The number of H-pyrrole nitrogens is 1. The number of hydrogen-bond donors (Lipinski definition) is 6. The molecule has 71 heavy (non-hydrogen) atoms. The van der Waals surface area contributed by atoms with Crippen LogP contribution in [0, 0.1) is 21.4 Å². The van der Waals surface area contributed by atoms with Crippen molar-refractivity contribution in [2.45, 2.75) is 120 Å². The summed E-state index contributed by atoms with van der Waals surface area (Å²) in [6, 6.07) is 19.5. The number of aromatic nitrogens is 2. The second kappa shape index (κ2) is 18.6. The summed E-state index contributed by atoms with van der Waals surface area (Å²) < 4.78 is 69.4. The zero-order valence-electron chi connectivity index (χ0n) is 40.0. The van der Waals surface area contributed by atoms with Crippen LogP contribution in [0.5, 0.6) is 17.2 Å². The Balaban J connectivity index is 0.897. The molecule has 5 heterocycles. The molecule has 19 nitrogen and oxygen atoms in total. The number of hydrogen-bond acceptors (Lipinski definition) is 14. The Hall–Kier alpha value is -6.00. The van der Waals surface area contributed by atoms with Crippen molar-refractivity contribution in [3.63, 3.8) is 0 Å². The van der Waals surface area contributed by atoms with E-state index in [1.807, 2.05) is 0 Å². The number of nitro benzene ring substituents is 1. The topological polar surface area (TPSA) is 264 Å². The van der Waals surface area contributed by atoms with Crippen molar-refractivity contribution >= 4 is 60.1 Å². The molecule has 3 aromatic carbocycles. The predicted molar refractivity (Wildman–Crippen MR) is 269 cm³/mol. The minimum absolute atomic E-state index is 0.0290. The highest BCUT2D eigenvalue weighted by Crippen LogP contribution is 2.54. The lowest BCUT2D eigenvalue weighted by atomic mass is 9.59. The first-order chi connectivity index (χ1) is 33.7. The van der Waals surface area contributed by atoms with Crippen LogP contribution in [-0.2, 0) is 20.2 Å². The zero-order chi connectivity index (χ0) is 50.0. The van der Waals surface area contributed by atoms with E-state index < -0.39 is 47.2 Å². The summed E-state index contributed by atoms with van der Waals surface area (Å²) in [4.78, 5) is 37.7. The van der Waals surface area contributed by atoms with Crippen molar-refractivity contribution in [3.05, 3.63) is 99.7 Å². The molecule has 3 aliphatic heterocycles. The fourth-order valence-electron chi connectivity index (χ4n) is 11.8. The van der Waals surface area contributed by atoms with Crippen molar-refractivity contribution < 1.29 is 41.1 Å². The van der Waals surface area contributed by atoms with Gasteiger partial charge in [-0.25, -0.2) is 23.3 Å². The van der Waals surface area contributed by atoms with Gasteiger partial charge in [0.05, 0.1) is 27.0 Å². The first-order valence-corrected chi connectivity index (χ1v) is 27.5. The number of nitrogens with zero attached hydrogens (tertiary/aromatic N) is 4. The smallest absolute Gasteiger partial charge is 0.297 e. The van der Waals surface area contributed by atoms with Gasteiger partial charge in [0.1, 0.15) is 18.0 Å². The molecule has 2 aliphatic carbocycles. The molecule has 4 fully saturated rings. The van der Waals surface area contributed by atoms with Gasteiger partial charge in [0.25, 0.3) is 31.8 Å². The normalized spacial score (nSPS) is 23.7. The number of rotatable bonds is 13. The van der Waals surface area contributed by atoms with Crippen LogP contribution in [0.15, 0.2) is 77.8 Å². The minimum Gasteiger partial charge on any atom is -0.489 e. The molecule has 0 unspecified atom stereocenters. The third kappa shape index (κ3) is 9.98. The summed E-state index contributed by atoms with van der Waals surface area (Å²) in [6.07, 6.45) is 10.6. The number of pyridine rings is 1. The number of anilines is 3. The van der Waals surface area contributed by atoms with Gasteiger partial charge in [-0.1, -0.05) is 38.1 Å². The summed E-state index contributed by atoms with van der Waals surface area (Å²) in [7, 11) is -9.17. The second-order valence-corrected chi connectivity index (χ2v) is 23.8. The number of nitro groups is 1. The van der Waals surface area contributed by atoms with E-state index in [1.165, 1.54) is 29.7 Å². The van der Waals surface area contributed by atoms with Gasteiger partial charge in [-0.15, -0.1) is 0 Å². The maximum Gasteiger partial charge on any atom is 0.297 e. The summed E-state index contributed by atoms with van der Waals surface area (Å²) in [5.74, 6) is -1.19. The Kier molecular flexibility index (Phi) is 12.7. The third-order valence-corrected chi connectivity index (χ3v) is 17.4. The molecular formula is C50H61N9O10S2. The largest absolute Gasteiger partial charge is 0.489 e. The van der Waals surface area contributed by atoms with Crippen LogP contribution in [0.25, 0.3) is 11.0 Å². The van der Waals surface area contributed by atoms with E-state index in [2.05, 4.69) is 72.6 Å². The Labute approximate surface area is 413 Å². The Morgan fingerprint density at radius 2 is 1.73 bits per heavy atom. The number of aliphatic hydroxyl groups is 1. The van der Waals surface area contributed by atoms with E-state index >= 15 is 0 Å². The fourth-order valence-corrected chi connectivity index (χ4v) is 13.2. The Morgan fingerprint density at radius 1 is 0.986 bits per heavy atom. The van der Waals surface area contributed by atoms with Crippen LogP contribution in [0.1, 0.15) is 118 Å². The van der Waals surface area contributed by atoms with Crippen molar-refractivity contribution in [2.24, 2.45) is 16.5 Å². The molecular weight excluding hydrogens is 951 g/mol. The second-order valence-electron chi connectivity index (χ2n) is 20.8. The van der Waals surface area contributed by atoms with Gasteiger partial charge in [0.15, 0.2) is 23.0 Å². The number of likely N-dealkylation sites (tertiary alicyclic amines) is 1. The summed E-state index contributed by atoms with van der Waals surface area (Å²) in [6.45, 7) is 8.96. The van der Waals surface area contributed by atoms with E-state index in [9.17, 15) is 36.9 Å². The lowest BCUT2D eigenvalue weighted by molar-refractivity contribution is -0.384. The van der Waals surface area contributed by atoms with Crippen molar-refractivity contribution in [3.8, 4) is 17.2 Å². The van der Waals surface area contributed by atoms with Crippen molar-refractivity contribution in [1.82, 2.24) is 19.6 Å². The molecule has 0 radical (unpaired) electrons. The van der Waals surface area contributed by atoms with Gasteiger partial charge in [-0.3, -0.25) is 24.5 Å². The molecule has 1 amide bonds. The number of nitrogens with two attached hydrogens (primary N) is 1. The monoisotopic (exact) mass is 1010 g/mol. The standard InChI is InChI=1S/C50H61N9O10S2/c1-30(2)36-7-4-5-8-37(36)40-9-6-20-58(40)34-27-50(28-34)17-21-57(22-18-50)33-10-11-38(42(24-33)69-44-23-32-14-19-52-46(32)54-47(44)55-71(51,66)67)48(60)56-70(64,65)35-25-41(59(62)63)45-43(26-35)68-29-39(53-45)31-12-15-49(3,61)16-13-31/h4-5,7-8,10-11,14,19,23-26,30-31,34,39-40,53,61H,6,9,12-13,15-18,20-22,27-29H2,1-3H3,(H,56,60)(H2,51,66,67)(H2,52,54,55)/t31-,39-,40+,49-/m1/s1. The number of nitrogens with one attached hydrogen (secondary N) is 4. The van der Waals surface area contributed by atoms with Gasteiger partial charge in [-0.05, 0) is 130 Å². The van der Waals surface area contributed by atoms with Crippen LogP contribution in [0.2, 0.25) is 0 Å². The number of sulfonamides is 1. The molecule has 1 spiro atoms. The molecule has 5 aliphatic rings. The fraction of sp³-hybridized carbons (Fsp3) is 0.480. The highest BCUT2D eigenvalue weighted by atomic mass is 32.2. The molecule has 2 saturated carbocycles. The number of aromatic amines is 1. The molecule has 2 aromatic heterocycles. The minimum atomic E-state index is -4.80. The van der Waals surface area contributed by atoms with Crippen LogP contribution in [0.4, 0.5) is 22.9 Å². The number of carbonyl (C=O) groups is 1. The van der Waals surface area contributed by atoms with E-state index in [1.54, 1.807) is 31.3 Å². The molecule has 5 aromatic rings. The predicted octanol–water partition coefficient (Wildman–Crippen LogP) is 7.82. The first-order valence-electron chi connectivity index (χ1n) is 24.5. The SMILES string of the molecule is CC(C)c1ccccc1[C@@H]1CCCN1C1CC2(CCN(c3ccc(C(=O)NS(=O)(=O)c4cc5c(c([N+](=O)[O-])c4)N[C@@H]([C@H]4CC[C@](C)(O)CC4)CO5)c(Oc4cc5cc[nH]c5nc4NS(N)(=O)=O)c3)CC2)C1. The molecule has 7 N–H and O–H groups in total. The van der Waals surface area contributed by atoms with Crippen LogP contribution >= 0.6 is 0 Å². The van der Waals surface area contributed by atoms with Crippen LogP contribution in [-0.4, -0.2) is 91.6 Å². The molecule has 378 valence electrons. The molecule has 2 saturated heterocycles. The van der Waals surface area contributed by atoms with Gasteiger partial charge in [0, 0.05) is 60.6 Å². The number of fused-ring (bicyclic) bond motifs is 2. The van der Waals surface area contributed by atoms with E-state index in [-0.39, 0.29) is 58.3 Å². The maximum atomic E-state index is 14.3. The Bertz CT molecular complexity index is 3100. The molecule has 0 bridgehead atoms. The van der Waals surface area contributed by atoms with Gasteiger partial charge in [-0.2, -0.15) is 8.42 Å². The van der Waals surface area contributed by atoms with E-state index in [0.29, 0.717) is 60.4 Å². The highest BCUT2D eigenvalue weighted by molar-refractivity contribution is 7.90. The van der Waals surface area contributed by atoms with Gasteiger partial charge < -0.3 is 29.8 Å². The van der Waals surface area contributed by atoms with E-state index in [4.69, 9.17) is 14.6 Å². The quantitative estimate of drug-likeness (QED) is 0.0485.